The molecule has 0 spiro atoms. The van der Waals surface area contributed by atoms with Crippen molar-refractivity contribution in [1.82, 2.24) is 4.90 Å². The number of aliphatic hydroxyl groups excluding tert-OH is 1. The second-order valence-corrected chi connectivity index (χ2v) is 4.42. The first kappa shape index (κ1) is 14.5. The average Bonchev–Trinajstić information content (AvgIpc) is 2.39. The van der Waals surface area contributed by atoms with Crippen LogP contribution in [0.1, 0.15) is 24.8 Å². The minimum Gasteiger partial charge on any atom is -0.497 e. The van der Waals surface area contributed by atoms with E-state index in [0.717, 1.165) is 11.3 Å². The monoisotopic (exact) mass is 251 g/mol. The van der Waals surface area contributed by atoms with Crippen LogP contribution in [0.3, 0.4) is 0 Å². The molecule has 18 heavy (non-hydrogen) atoms. The first-order valence-electron chi connectivity index (χ1n) is 6.07. The predicted molar refractivity (Wildman–Crippen MR) is 70.7 cm³/mol. The Morgan fingerprint density at radius 3 is 2.50 bits per heavy atom. The molecule has 1 rings (SSSR count). The SMILES string of the molecule is COc1ccc(C(C)CC(=O)N(C)CCO)cc1. The van der Waals surface area contributed by atoms with E-state index in [4.69, 9.17) is 9.84 Å². The molecule has 0 aliphatic carbocycles. The fourth-order valence-corrected chi connectivity index (χ4v) is 1.74. The molecule has 1 aromatic rings. The van der Waals surface area contributed by atoms with Crippen LogP contribution >= 0.6 is 0 Å². The molecule has 1 N–H and O–H groups in total. The zero-order chi connectivity index (χ0) is 13.5. The van der Waals surface area contributed by atoms with E-state index in [-0.39, 0.29) is 18.4 Å². The van der Waals surface area contributed by atoms with Gasteiger partial charge in [0.15, 0.2) is 0 Å². The van der Waals surface area contributed by atoms with Gasteiger partial charge in [0.2, 0.25) is 5.91 Å². The summed E-state index contributed by atoms with van der Waals surface area (Å²) in [7, 11) is 3.34. The highest BCUT2D eigenvalue weighted by Crippen LogP contribution is 2.22. The van der Waals surface area contributed by atoms with Crippen LogP contribution in [-0.2, 0) is 4.79 Å². The molecule has 0 aromatic heterocycles. The number of likely N-dealkylation sites (N-methyl/N-ethyl adjacent to an activating group) is 1. The minimum atomic E-state index is -0.000837. The van der Waals surface area contributed by atoms with Gasteiger partial charge in [0.25, 0.3) is 0 Å². The number of amides is 1. The molecule has 0 bridgehead atoms. The van der Waals surface area contributed by atoms with Gasteiger partial charge in [0.05, 0.1) is 13.7 Å². The first-order chi connectivity index (χ1) is 8.58. The van der Waals surface area contributed by atoms with Crippen LogP contribution in [0.15, 0.2) is 24.3 Å². The predicted octanol–water partition coefficient (Wildman–Crippen LogP) is 1.64. The van der Waals surface area contributed by atoms with Crippen LogP contribution in [0.4, 0.5) is 0 Å². The molecule has 1 amide bonds. The Labute approximate surface area is 108 Å². The van der Waals surface area contributed by atoms with Gasteiger partial charge in [-0.15, -0.1) is 0 Å². The maximum absolute atomic E-state index is 11.8. The summed E-state index contributed by atoms with van der Waals surface area (Å²) in [5.41, 5.74) is 1.11. The second kappa shape index (κ2) is 7.01. The van der Waals surface area contributed by atoms with Crippen molar-refractivity contribution in [1.29, 1.82) is 0 Å². The molecule has 1 atom stereocenters. The summed E-state index contributed by atoms with van der Waals surface area (Å²) < 4.78 is 5.10. The third-order valence-corrected chi connectivity index (χ3v) is 3.03. The summed E-state index contributed by atoms with van der Waals surface area (Å²) in [4.78, 5) is 13.4. The molecule has 0 aliphatic heterocycles. The van der Waals surface area contributed by atoms with E-state index in [1.165, 1.54) is 0 Å². The highest BCUT2D eigenvalue weighted by Gasteiger charge is 2.14. The lowest BCUT2D eigenvalue weighted by Crippen LogP contribution is -2.30. The third-order valence-electron chi connectivity index (χ3n) is 3.03. The zero-order valence-corrected chi connectivity index (χ0v) is 11.2. The van der Waals surface area contributed by atoms with Gasteiger partial charge in [0.1, 0.15) is 5.75 Å². The van der Waals surface area contributed by atoms with Crippen molar-refractivity contribution in [2.75, 3.05) is 27.3 Å². The molecule has 0 heterocycles. The van der Waals surface area contributed by atoms with Gasteiger partial charge in [-0.1, -0.05) is 19.1 Å². The number of ether oxygens (including phenoxy) is 1. The van der Waals surface area contributed by atoms with Gasteiger partial charge in [-0.05, 0) is 23.6 Å². The van der Waals surface area contributed by atoms with E-state index >= 15 is 0 Å². The van der Waals surface area contributed by atoms with Gasteiger partial charge in [-0.3, -0.25) is 4.79 Å². The van der Waals surface area contributed by atoms with Crippen molar-refractivity contribution in [2.45, 2.75) is 19.3 Å². The number of carbonyl (C=O) groups is 1. The zero-order valence-electron chi connectivity index (χ0n) is 11.2. The number of aliphatic hydroxyl groups is 1. The van der Waals surface area contributed by atoms with Gasteiger partial charge in [-0.2, -0.15) is 0 Å². The molecule has 0 aliphatic rings. The Morgan fingerprint density at radius 2 is 2.00 bits per heavy atom. The van der Waals surface area contributed by atoms with Crippen molar-refractivity contribution in [3.8, 4) is 5.75 Å². The Morgan fingerprint density at radius 1 is 1.39 bits per heavy atom. The van der Waals surface area contributed by atoms with Crippen molar-refractivity contribution < 1.29 is 14.6 Å². The fraction of sp³-hybridized carbons (Fsp3) is 0.500. The molecule has 0 radical (unpaired) electrons. The molecular formula is C14H21NO3. The van der Waals surface area contributed by atoms with Crippen LogP contribution in [0.5, 0.6) is 5.75 Å². The summed E-state index contributed by atoms with van der Waals surface area (Å²) in [6, 6.07) is 7.74. The van der Waals surface area contributed by atoms with Crippen molar-refractivity contribution in [3.63, 3.8) is 0 Å². The number of benzene rings is 1. The quantitative estimate of drug-likeness (QED) is 0.836. The van der Waals surface area contributed by atoms with E-state index < -0.39 is 0 Å². The normalized spacial score (nSPS) is 12.0. The minimum absolute atomic E-state index is 0.000837. The average molecular weight is 251 g/mol. The maximum Gasteiger partial charge on any atom is 0.222 e. The lowest BCUT2D eigenvalue weighted by Gasteiger charge is -2.19. The standard InChI is InChI=1S/C14H21NO3/c1-11(10-14(17)15(2)8-9-16)12-4-6-13(18-3)7-5-12/h4-7,11,16H,8-10H2,1-3H3. The number of rotatable bonds is 6. The first-order valence-corrected chi connectivity index (χ1v) is 6.07. The van der Waals surface area contributed by atoms with Gasteiger partial charge < -0.3 is 14.7 Å². The molecule has 4 heteroatoms. The molecular weight excluding hydrogens is 230 g/mol. The molecule has 1 aromatic carbocycles. The molecule has 100 valence electrons. The fourth-order valence-electron chi connectivity index (χ4n) is 1.74. The maximum atomic E-state index is 11.8. The summed E-state index contributed by atoms with van der Waals surface area (Å²) in [5.74, 6) is 1.02. The highest BCUT2D eigenvalue weighted by molar-refractivity contribution is 5.76. The summed E-state index contributed by atoms with van der Waals surface area (Å²) in [6.07, 6.45) is 0.447. The molecule has 0 saturated heterocycles. The Bertz CT molecular complexity index is 375. The number of hydrogen-bond donors (Lipinski definition) is 1. The summed E-state index contributed by atoms with van der Waals surface area (Å²) in [5, 5.41) is 8.79. The molecule has 0 fully saturated rings. The number of hydrogen-bond acceptors (Lipinski definition) is 3. The van der Waals surface area contributed by atoms with Gasteiger partial charge in [0, 0.05) is 20.0 Å². The molecule has 4 nitrogen and oxygen atoms in total. The Hall–Kier alpha value is -1.55. The van der Waals surface area contributed by atoms with Crippen LogP contribution in [0.25, 0.3) is 0 Å². The van der Waals surface area contributed by atoms with E-state index in [2.05, 4.69) is 0 Å². The highest BCUT2D eigenvalue weighted by atomic mass is 16.5. The van der Waals surface area contributed by atoms with E-state index in [0.29, 0.717) is 13.0 Å². The van der Waals surface area contributed by atoms with Crippen molar-refractivity contribution in [3.05, 3.63) is 29.8 Å². The van der Waals surface area contributed by atoms with Gasteiger partial charge in [-0.25, -0.2) is 0 Å². The van der Waals surface area contributed by atoms with Crippen LogP contribution in [0, 0.1) is 0 Å². The third kappa shape index (κ3) is 4.04. The van der Waals surface area contributed by atoms with Crippen LogP contribution in [-0.4, -0.2) is 43.2 Å². The van der Waals surface area contributed by atoms with Crippen molar-refractivity contribution >= 4 is 5.91 Å². The number of methoxy groups -OCH3 is 1. The molecule has 0 saturated carbocycles. The van der Waals surface area contributed by atoms with E-state index in [9.17, 15) is 4.79 Å². The Balaban J connectivity index is 2.58. The topological polar surface area (TPSA) is 49.8 Å². The lowest BCUT2D eigenvalue weighted by atomic mass is 9.97. The second-order valence-electron chi connectivity index (χ2n) is 4.42. The molecule has 1 unspecified atom stereocenters. The van der Waals surface area contributed by atoms with Gasteiger partial charge >= 0.3 is 0 Å². The number of nitrogens with zero attached hydrogens (tertiary/aromatic N) is 1. The number of carbonyl (C=O) groups excluding carboxylic acids is 1. The summed E-state index contributed by atoms with van der Waals surface area (Å²) in [6.45, 7) is 2.40. The smallest absolute Gasteiger partial charge is 0.222 e. The Kier molecular flexibility index (Phi) is 5.65. The summed E-state index contributed by atoms with van der Waals surface area (Å²) >= 11 is 0. The van der Waals surface area contributed by atoms with Crippen LogP contribution in [0.2, 0.25) is 0 Å². The van der Waals surface area contributed by atoms with E-state index in [1.54, 1.807) is 19.1 Å². The van der Waals surface area contributed by atoms with Crippen LogP contribution < -0.4 is 4.74 Å². The lowest BCUT2D eigenvalue weighted by molar-refractivity contribution is -0.130. The van der Waals surface area contributed by atoms with E-state index in [1.807, 2.05) is 31.2 Å². The van der Waals surface area contributed by atoms with Crippen molar-refractivity contribution in [2.24, 2.45) is 0 Å². The largest absolute Gasteiger partial charge is 0.497 e.